The number of rotatable bonds is 7. The zero-order valence-corrected chi connectivity index (χ0v) is 18.6. The second kappa shape index (κ2) is 8.19. The number of hydrogen-bond donors (Lipinski definition) is 0. The van der Waals surface area contributed by atoms with Crippen LogP contribution in [0.15, 0.2) is 48.5 Å². The van der Waals surface area contributed by atoms with Crippen LogP contribution in [0.1, 0.15) is 73.6 Å². The van der Waals surface area contributed by atoms with Crippen LogP contribution in [0.5, 0.6) is 0 Å². The first-order valence-corrected chi connectivity index (χ1v) is 11.8. The molecule has 1 heterocycles. The van der Waals surface area contributed by atoms with Crippen LogP contribution in [0.4, 0.5) is 0 Å². The summed E-state index contributed by atoms with van der Waals surface area (Å²) in [5, 5.41) is 0. The molecule has 3 aliphatic carbocycles. The minimum atomic E-state index is -0.835. The van der Waals surface area contributed by atoms with Gasteiger partial charge >= 0.3 is 5.97 Å². The molecule has 5 nitrogen and oxygen atoms in total. The number of benzene rings is 2. The first-order chi connectivity index (χ1) is 15.6. The Kier molecular flexibility index (Phi) is 5.36. The van der Waals surface area contributed by atoms with Crippen LogP contribution in [0.2, 0.25) is 0 Å². The monoisotopic (exact) mass is 431 g/mol. The van der Waals surface area contributed by atoms with Gasteiger partial charge in [0, 0.05) is 11.8 Å². The van der Waals surface area contributed by atoms with E-state index in [1.807, 2.05) is 38.1 Å². The Labute approximate surface area is 188 Å². The quantitative estimate of drug-likeness (QED) is 0.482. The molecule has 6 rings (SSSR count). The van der Waals surface area contributed by atoms with E-state index in [9.17, 15) is 14.4 Å². The summed E-state index contributed by atoms with van der Waals surface area (Å²) in [6.07, 6.45) is 2.79. The molecule has 4 aliphatic rings. The molecule has 0 N–H and O–H groups in total. The van der Waals surface area contributed by atoms with Crippen molar-refractivity contribution in [2.75, 3.05) is 6.61 Å². The lowest BCUT2D eigenvalue weighted by atomic mass is 9.55. The molecule has 1 fully saturated rings. The Balaban J connectivity index is 1.59. The average Bonchev–Trinajstić information content (AvgIpc) is 3.09. The third-order valence-electron chi connectivity index (χ3n) is 7.35. The molecular weight excluding hydrogens is 402 g/mol. The zero-order valence-electron chi connectivity index (χ0n) is 18.6. The summed E-state index contributed by atoms with van der Waals surface area (Å²) in [5.41, 5.74) is 4.55. The van der Waals surface area contributed by atoms with Gasteiger partial charge in [0.05, 0.1) is 18.4 Å². The fourth-order valence-electron chi connectivity index (χ4n) is 6.06. The molecule has 2 aromatic carbocycles. The molecule has 32 heavy (non-hydrogen) atoms. The molecular formula is C27H29NO4. The minimum Gasteiger partial charge on any atom is -0.464 e. The minimum absolute atomic E-state index is 0.155. The van der Waals surface area contributed by atoms with Crippen LogP contribution in [-0.2, 0) is 19.1 Å². The van der Waals surface area contributed by atoms with Gasteiger partial charge in [-0.2, -0.15) is 0 Å². The number of carbonyl (C=O) groups excluding carboxylic acids is 3. The van der Waals surface area contributed by atoms with Crippen LogP contribution < -0.4 is 0 Å². The zero-order chi connectivity index (χ0) is 22.4. The smallest absolute Gasteiger partial charge is 0.329 e. The molecule has 0 radical (unpaired) electrons. The van der Waals surface area contributed by atoms with Crippen molar-refractivity contribution < 1.29 is 19.1 Å². The van der Waals surface area contributed by atoms with E-state index in [-0.39, 0.29) is 23.7 Å². The van der Waals surface area contributed by atoms with Crippen molar-refractivity contribution in [3.8, 4) is 0 Å². The molecule has 0 saturated carbocycles. The topological polar surface area (TPSA) is 63.7 Å². The van der Waals surface area contributed by atoms with Gasteiger partial charge in [0.25, 0.3) is 0 Å². The number of imide groups is 1. The molecule has 5 heteroatoms. The highest BCUT2D eigenvalue weighted by Gasteiger charge is 2.63. The third-order valence-corrected chi connectivity index (χ3v) is 7.35. The second-order valence-corrected chi connectivity index (χ2v) is 9.14. The summed E-state index contributed by atoms with van der Waals surface area (Å²) < 4.78 is 5.42. The van der Waals surface area contributed by atoms with E-state index in [0.29, 0.717) is 19.4 Å². The number of unbranched alkanes of at least 4 members (excludes halogenated alkanes) is 1. The van der Waals surface area contributed by atoms with Gasteiger partial charge in [0.2, 0.25) is 11.8 Å². The molecule has 0 unspecified atom stereocenters. The van der Waals surface area contributed by atoms with Crippen LogP contribution in [0.3, 0.4) is 0 Å². The number of hydrogen-bond acceptors (Lipinski definition) is 4. The van der Waals surface area contributed by atoms with Crippen molar-refractivity contribution in [1.82, 2.24) is 4.90 Å². The largest absolute Gasteiger partial charge is 0.464 e. The standard InChI is InChI=1S/C27H29NO4/c1-3-5-14-20(27(31)32-15-4-2)28-25(29)23-21-16-10-6-7-11-17(16)22(24(23)26(28)30)19-13-9-8-12-18(19)21/h6-13,20-24H,3-5,14-15H2,1-2H3/t20-,21?,22?,23-,24+/m1/s1. The molecule has 2 bridgehead atoms. The number of amides is 2. The van der Waals surface area contributed by atoms with Gasteiger partial charge in [-0.25, -0.2) is 4.79 Å². The van der Waals surface area contributed by atoms with Gasteiger partial charge in [-0.05, 0) is 35.1 Å². The summed E-state index contributed by atoms with van der Waals surface area (Å²) in [4.78, 5) is 41.9. The van der Waals surface area contributed by atoms with Crippen molar-refractivity contribution in [3.63, 3.8) is 0 Å². The van der Waals surface area contributed by atoms with Gasteiger partial charge in [0.1, 0.15) is 6.04 Å². The molecule has 1 saturated heterocycles. The molecule has 166 valence electrons. The Morgan fingerprint density at radius 3 is 1.72 bits per heavy atom. The summed E-state index contributed by atoms with van der Waals surface area (Å²) >= 11 is 0. The SMILES string of the molecule is CCCC[C@H](C(=O)OCCC)N1C(=O)[C@@H]2C3c4ccccc4C(c4ccccc43)[C@@H]2C1=O. The van der Waals surface area contributed by atoms with Crippen LogP contribution >= 0.6 is 0 Å². The lowest BCUT2D eigenvalue weighted by Crippen LogP contribution is -2.46. The molecule has 2 amide bonds. The number of likely N-dealkylation sites (tertiary alicyclic amines) is 1. The predicted molar refractivity (Wildman–Crippen MR) is 120 cm³/mol. The normalized spacial score (nSPS) is 25.9. The highest BCUT2D eigenvalue weighted by atomic mass is 16.5. The van der Waals surface area contributed by atoms with Gasteiger partial charge in [-0.3, -0.25) is 14.5 Å². The van der Waals surface area contributed by atoms with Crippen molar-refractivity contribution in [3.05, 3.63) is 70.8 Å². The van der Waals surface area contributed by atoms with Crippen molar-refractivity contribution in [1.29, 1.82) is 0 Å². The Morgan fingerprint density at radius 1 is 0.844 bits per heavy atom. The number of nitrogens with zero attached hydrogens (tertiary/aromatic N) is 1. The highest BCUT2D eigenvalue weighted by Crippen LogP contribution is 2.61. The van der Waals surface area contributed by atoms with E-state index < -0.39 is 23.8 Å². The van der Waals surface area contributed by atoms with E-state index in [1.54, 1.807) is 0 Å². The number of esters is 1. The predicted octanol–water partition coefficient (Wildman–Crippen LogP) is 4.39. The third kappa shape index (κ3) is 2.94. The molecule has 0 spiro atoms. The average molecular weight is 432 g/mol. The van der Waals surface area contributed by atoms with E-state index in [2.05, 4.69) is 24.3 Å². The first kappa shape index (κ1) is 20.9. The van der Waals surface area contributed by atoms with Crippen molar-refractivity contribution in [2.24, 2.45) is 11.8 Å². The molecule has 0 aromatic heterocycles. The Morgan fingerprint density at radius 2 is 1.31 bits per heavy atom. The van der Waals surface area contributed by atoms with E-state index >= 15 is 0 Å². The lowest BCUT2D eigenvalue weighted by molar-refractivity contribution is -0.159. The van der Waals surface area contributed by atoms with Gasteiger partial charge in [-0.1, -0.05) is 75.2 Å². The Hall–Kier alpha value is -2.95. The maximum Gasteiger partial charge on any atom is 0.329 e. The van der Waals surface area contributed by atoms with E-state index in [0.717, 1.165) is 35.1 Å². The van der Waals surface area contributed by atoms with Gasteiger partial charge in [0.15, 0.2) is 0 Å². The lowest BCUT2D eigenvalue weighted by Gasteiger charge is -2.45. The fourth-order valence-corrected chi connectivity index (χ4v) is 6.06. The van der Waals surface area contributed by atoms with Gasteiger partial charge in [-0.15, -0.1) is 0 Å². The maximum atomic E-state index is 13.8. The van der Waals surface area contributed by atoms with E-state index in [4.69, 9.17) is 4.74 Å². The first-order valence-electron chi connectivity index (χ1n) is 11.8. The number of carbonyl (C=O) groups is 3. The van der Waals surface area contributed by atoms with Gasteiger partial charge < -0.3 is 4.74 Å². The molecule has 1 aliphatic heterocycles. The van der Waals surface area contributed by atoms with E-state index in [1.165, 1.54) is 4.90 Å². The number of ether oxygens (including phenoxy) is 1. The highest BCUT2D eigenvalue weighted by molar-refractivity contribution is 6.10. The van der Waals surface area contributed by atoms with Crippen LogP contribution in [0.25, 0.3) is 0 Å². The molecule has 3 atom stereocenters. The van der Waals surface area contributed by atoms with Crippen LogP contribution in [0, 0.1) is 11.8 Å². The summed E-state index contributed by atoms with van der Waals surface area (Å²) in [7, 11) is 0. The second-order valence-electron chi connectivity index (χ2n) is 9.14. The van der Waals surface area contributed by atoms with Crippen LogP contribution in [-0.4, -0.2) is 35.3 Å². The Bertz CT molecular complexity index is 961. The summed E-state index contributed by atoms with van der Waals surface area (Å²) in [6, 6.07) is 15.5. The fraction of sp³-hybridized carbons (Fsp3) is 0.444. The van der Waals surface area contributed by atoms with Crippen molar-refractivity contribution in [2.45, 2.75) is 57.4 Å². The summed E-state index contributed by atoms with van der Waals surface area (Å²) in [5.74, 6) is -2.11. The molecule has 2 aromatic rings. The summed E-state index contributed by atoms with van der Waals surface area (Å²) in [6.45, 7) is 4.27. The maximum absolute atomic E-state index is 13.8. The van der Waals surface area contributed by atoms with Crippen molar-refractivity contribution >= 4 is 17.8 Å².